The molecule has 3 nitrogen and oxygen atoms in total. The van der Waals surface area contributed by atoms with E-state index in [0.717, 1.165) is 12.1 Å². The summed E-state index contributed by atoms with van der Waals surface area (Å²) >= 11 is 5.79. The molecular formula is C12H8ClF3N2O. The van der Waals surface area contributed by atoms with E-state index in [0.29, 0.717) is 11.8 Å². The van der Waals surface area contributed by atoms with Crippen LogP contribution in [0, 0.1) is 0 Å². The Balaban J connectivity index is 2.25. The molecule has 0 spiro atoms. The van der Waals surface area contributed by atoms with Crippen molar-refractivity contribution in [3.8, 4) is 0 Å². The molecule has 0 saturated heterocycles. The standard InChI is InChI=1S/C12H8ClF3N2O/c13-11-17-5-10(7-19)18(11)6-8-1-3-9(4-2-8)12(14,15)16/h1-5,7H,6H2. The molecule has 0 unspecified atom stereocenters. The van der Waals surface area contributed by atoms with Gasteiger partial charge in [0, 0.05) is 0 Å². The quantitative estimate of drug-likeness (QED) is 0.811. The van der Waals surface area contributed by atoms with Gasteiger partial charge in [-0.15, -0.1) is 0 Å². The Morgan fingerprint density at radius 1 is 1.26 bits per heavy atom. The highest BCUT2D eigenvalue weighted by atomic mass is 35.5. The molecule has 7 heteroatoms. The van der Waals surface area contributed by atoms with E-state index in [-0.39, 0.29) is 17.5 Å². The molecule has 2 aromatic rings. The predicted molar refractivity (Wildman–Crippen MR) is 63.2 cm³/mol. The maximum Gasteiger partial charge on any atom is 0.416 e. The lowest BCUT2D eigenvalue weighted by Gasteiger charge is -2.09. The fourth-order valence-corrected chi connectivity index (χ4v) is 1.80. The highest BCUT2D eigenvalue weighted by Crippen LogP contribution is 2.29. The minimum absolute atomic E-state index is 0.113. The maximum absolute atomic E-state index is 12.4. The first-order chi connectivity index (χ1) is 8.91. The maximum atomic E-state index is 12.4. The summed E-state index contributed by atoms with van der Waals surface area (Å²) in [7, 11) is 0. The van der Waals surface area contributed by atoms with E-state index in [4.69, 9.17) is 11.6 Å². The Morgan fingerprint density at radius 2 is 1.89 bits per heavy atom. The SMILES string of the molecule is O=Cc1cnc(Cl)n1Cc1ccc(C(F)(F)F)cc1. The molecule has 0 bridgehead atoms. The van der Waals surface area contributed by atoms with E-state index >= 15 is 0 Å². The van der Waals surface area contributed by atoms with E-state index < -0.39 is 11.7 Å². The second-order valence-electron chi connectivity index (χ2n) is 3.85. The summed E-state index contributed by atoms with van der Waals surface area (Å²) in [5, 5.41) is 0.113. The fraction of sp³-hybridized carbons (Fsp3) is 0.167. The Kier molecular flexibility index (Phi) is 3.61. The second-order valence-corrected chi connectivity index (χ2v) is 4.19. The predicted octanol–water partition coefficient (Wildman–Crippen LogP) is 3.42. The van der Waals surface area contributed by atoms with E-state index in [9.17, 15) is 18.0 Å². The number of hydrogen-bond acceptors (Lipinski definition) is 2. The molecule has 0 saturated carbocycles. The van der Waals surface area contributed by atoms with Gasteiger partial charge < -0.3 is 4.57 Å². The number of aromatic nitrogens is 2. The number of alkyl halides is 3. The summed E-state index contributed by atoms with van der Waals surface area (Å²) in [6.45, 7) is 0.186. The average Bonchev–Trinajstić information content (AvgIpc) is 2.70. The van der Waals surface area contributed by atoms with Gasteiger partial charge >= 0.3 is 6.18 Å². The van der Waals surface area contributed by atoms with E-state index in [1.807, 2.05) is 0 Å². The molecule has 0 fully saturated rings. The summed E-state index contributed by atoms with van der Waals surface area (Å²) in [4.78, 5) is 14.5. The molecule has 0 atom stereocenters. The summed E-state index contributed by atoms with van der Waals surface area (Å²) in [5.41, 5.74) is 0.143. The number of imidazole rings is 1. The number of aldehydes is 1. The lowest BCUT2D eigenvalue weighted by molar-refractivity contribution is -0.137. The van der Waals surface area contributed by atoms with Crippen LogP contribution >= 0.6 is 11.6 Å². The van der Waals surface area contributed by atoms with Gasteiger partial charge in [0.15, 0.2) is 6.29 Å². The van der Waals surface area contributed by atoms with Gasteiger partial charge in [0.25, 0.3) is 0 Å². The lowest BCUT2D eigenvalue weighted by atomic mass is 10.1. The van der Waals surface area contributed by atoms with Crippen molar-refractivity contribution in [1.82, 2.24) is 9.55 Å². The van der Waals surface area contributed by atoms with Gasteiger partial charge in [-0.3, -0.25) is 4.79 Å². The molecule has 1 heterocycles. The number of hydrogen-bond donors (Lipinski definition) is 0. The van der Waals surface area contributed by atoms with Crippen LogP contribution < -0.4 is 0 Å². The van der Waals surface area contributed by atoms with Gasteiger partial charge in [-0.1, -0.05) is 12.1 Å². The Hall–Kier alpha value is -1.82. The van der Waals surface area contributed by atoms with Crippen molar-refractivity contribution in [2.75, 3.05) is 0 Å². The van der Waals surface area contributed by atoms with Crippen LogP contribution in [-0.2, 0) is 12.7 Å². The van der Waals surface area contributed by atoms with Crippen LogP contribution in [0.15, 0.2) is 30.5 Å². The molecule has 0 aliphatic carbocycles. The van der Waals surface area contributed by atoms with Crippen molar-refractivity contribution >= 4 is 17.9 Å². The van der Waals surface area contributed by atoms with Crippen molar-refractivity contribution < 1.29 is 18.0 Å². The number of carbonyl (C=O) groups excluding carboxylic acids is 1. The Labute approximate surface area is 111 Å². The molecular weight excluding hydrogens is 281 g/mol. The van der Waals surface area contributed by atoms with Gasteiger partial charge in [0.2, 0.25) is 5.28 Å². The third-order valence-electron chi connectivity index (χ3n) is 2.58. The summed E-state index contributed by atoms with van der Waals surface area (Å²) in [6, 6.07) is 4.66. The van der Waals surface area contributed by atoms with Crippen LogP contribution in [0.1, 0.15) is 21.6 Å². The molecule has 2 rings (SSSR count). The molecule has 0 amide bonds. The average molecular weight is 289 g/mol. The minimum atomic E-state index is -4.36. The van der Waals surface area contributed by atoms with E-state index in [2.05, 4.69) is 4.98 Å². The van der Waals surface area contributed by atoms with Crippen LogP contribution in [0.25, 0.3) is 0 Å². The first-order valence-corrected chi connectivity index (χ1v) is 5.62. The zero-order valence-electron chi connectivity index (χ0n) is 9.49. The van der Waals surface area contributed by atoms with Crippen molar-refractivity contribution in [2.45, 2.75) is 12.7 Å². The normalized spacial score (nSPS) is 11.6. The molecule has 19 heavy (non-hydrogen) atoms. The van der Waals surface area contributed by atoms with Gasteiger partial charge in [-0.25, -0.2) is 4.98 Å². The zero-order valence-corrected chi connectivity index (χ0v) is 10.2. The monoisotopic (exact) mass is 288 g/mol. The number of rotatable bonds is 3. The third-order valence-corrected chi connectivity index (χ3v) is 2.88. The highest BCUT2D eigenvalue weighted by molar-refractivity contribution is 6.28. The van der Waals surface area contributed by atoms with Crippen LogP contribution in [0.4, 0.5) is 13.2 Å². The lowest BCUT2D eigenvalue weighted by Crippen LogP contribution is -2.07. The van der Waals surface area contributed by atoms with Crippen molar-refractivity contribution in [1.29, 1.82) is 0 Å². The Morgan fingerprint density at radius 3 is 2.42 bits per heavy atom. The fourth-order valence-electron chi connectivity index (χ4n) is 1.60. The number of benzene rings is 1. The van der Waals surface area contributed by atoms with Crippen molar-refractivity contribution in [3.05, 3.63) is 52.6 Å². The van der Waals surface area contributed by atoms with E-state index in [1.165, 1.54) is 22.9 Å². The highest BCUT2D eigenvalue weighted by Gasteiger charge is 2.29. The first-order valence-electron chi connectivity index (χ1n) is 5.24. The van der Waals surface area contributed by atoms with Crippen LogP contribution in [0.3, 0.4) is 0 Å². The van der Waals surface area contributed by atoms with Gasteiger partial charge in [0.1, 0.15) is 5.69 Å². The number of nitrogens with zero attached hydrogens (tertiary/aromatic N) is 2. The number of carbonyl (C=O) groups is 1. The number of halogens is 4. The molecule has 0 radical (unpaired) electrons. The smallest absolute Gasteiger partial charge is 0.308 e. The largest absolute Gasteiger partial charge is 0.416 e. The zero-order chi connectivity index (χ0) is 14.0. The summed E-state index contributed by atoms with van der Waals surface area (Å²) < 4.78 is 38.6. The minimum Gasteiger partial charge on any atom is -0.308 e. The van der Waals surface area contributed by atoms with Gasteiger partial charge in [-0.05, 0) is 29.3 Å². The molecule has 1 aromatic heterocycles. The molecule has 0 N–H and O–H groups in total. The van der Waals surface area contributed by atoms with Gasteiger partial charge in [0.05, 0.1) is 18.3 Å². The van der Waals surface area contributed by atoms with Crippen LogP contribution in [-0.4, -0.2) is 15.8 Å². The molecule has 0 aliphatic heterocycles. The first kappa shape index (κ1) is 13.6. The Bertz CT molecular complexity index is 590. The second kappa shape index (κ2) is 5.05. The van der Waals surface area contributed by atoms with Crippen LogP contribution in [0.5, 0.6) is 0 Å². The summed E-state index contributed by atoms with van der Waals surface area (Å²) in [5.74, 6) is 0. The van der Waals surface area contributed by atoms with Gasteiger partial charge in [-0.2, -0.15) is 13.2 Å². The molecule has 0 aliphatic rings. The third kappa shape index (κ3) is 2.96. The summed E-state index contributed by atoms with van der Waals surface area (Å²) in [6.07, 6.45) is -2.47. The molecule has 1 aromatic carbocycles. The van der Waals surface area contributed by atoms with Crippen molar-refractivity contribution in [2.24, 2.45) is 0 Å². The van der Waals surface area contributed by atoms with Crippen LogP contribution in [0.2, 0.25) is 5.28 Å². The molecule has 100 valence electrons. The topological polar surface area (TPSA) is 34.9 Å². The van der Waals surface area contributed by atoms with E-state index in [1.54, 1.807) is 0 Å². The van der Waals surface area contributed by atoms with Crippen molar-refractivity contribution in [3.63, 3.8) is 0 Å².